The molecule has 0 spiro atoms. The van der Waals surface area contributed by atoms with Gasteiger partial charge in [0.15, 0.2) is 0 Å². The highest BCUT2D eigenvalue weighted by atomic mass is 16.5. The number of hydrogen-bond donors (Lipinski definition) is 1. The Morgan fingerprint density at radius 1 is 0.821 bits per heavy atom. The third-order valence-electron chi connectivity index (χ3n) is 6.96. The number of aromatic nitrogens is 2. The van der Waals surface area contributed by atoms with Crippen molar-refractivity contribution < 1.29 is 14.3 Å². The number of nitrogens with one attached hydrogen (secondary N) is 1. The van der Waals surface area contributed by atoms with Gasteiger partial charge in [0.25, 0.3) is 5.91 Å². The van der Waals surface area contributed by atoms with Gasteiger partial charge in [0.1, 0.15) is 17.3 Å². The van der Waals surface area contributed by atoms with Crippen LogP contribution in [0.1, 0.15) is 41.9 Å². The third-order valence-corrected chi connectivity index (χ3v) is 6.96. The van der Waals surface area contributed by atoms with E-state index in [0.717, 1.165) is 61.5 Å². The molecule has 0 unspecified atom stereocenters. The Kier molecular flexibility index (Phi) is 8.74. The van der Waals surface area contributed by atoms with Crippen LogP contribution in [0.2, 0.25) is 0 Å². The Hall–Kier alpha value is -4.32. The molecule has 6 heteroatoms. The number of unbranched alkanes of at least 4 members (excludes halogenated alkanes) is 2. The Balaban J connectivity index is 1.09. The van der Waals surface area contributed by atoms with E-state index in [2.05, 4.69) is 64.5 Å². The zero-order valence-corrected chi connectivity index (χ0v) is 22.4. The molecular weight excluding hydrogens is 486 g/mol. The molecule has 5 aromatic rings. The van der Waals surface area contributed by atoms with Gasteiger partial charge in [0.05, 0.1) is 24.8 Å². The van der Waals surface area contributed by atoms with E-state index in [1.165, 1.54) is 16.3 Å². The summed E-state index contributed by atoms with van der Waals surface area (Å²) in [5, 5.41) is 5.43. The summed E-state index contributed by atoms with van der Waals surface area (Å²) in [6.07, 6.45) is 4.79. The second-order valence-corrected chi connectivity index (χ2v) is 9.67. The summed E-state index contributed by atoms with van der Waals surface area (Å²) in [6.45, 7) is 2.17. The Bertz CT molecular complexity index is 1520. The first-order chi connectivity index (χ1) is 19.2. The summed E-state index contributed by atoms with van der Waals surface area (Å²) in [6, 6.07) is 30.1. The van der Waals surface area contributed by atoms with Crippen molar-refractivity contribution in [1.82, 2.24) is 14.9 Å². The molecule has 0 radical (unpaired) electrons. The first-order valence-corrected chi connectivity index (χ1v) is 13.7. The maximum atomic E-state index is 12.3. The fourth-order valence-corrected chi connectivity index (χ4v) is 4.87. The number of carbonyl (C=O) groups is 1. The normalized spacial score (nSPS) is 11.1. The second kappa shape index (κ2) is 13.0. The van der Waals surface area contributed by atoms with Crippen molar-refractivity contribution in [2.45, 2.75) is 38.6 Å². The van der Waals surface area contributed by atoms with Gasteiger partial charge in [-0.25, -0.2) is 4.98 Å². The molecule has 0 bridgehead atoms. The van der Waals surface area contributed by atoms with Crippen LogP contribution in [0.3, 0.4) is 0 Å². The van der Waals surface area contributed by atoms with Crippen LogP contribution < -0.4 is 14.8 Å². The Morgan fingerprint density at radius 2 is 1.59 bits per heavy atom. The van der Waals surface area contributed by atoms with E-state index < -0.39 is 0 Å². The lowest BCUT2D eigenvalue weighted by atomic mass is 10.1. The van der Waals surface area contributed by atoms with Gasteiger partial charge in [-0.2, -0.15) is 0 Å². The van der Waals surface area contributed by atoms with Gasteiger partial charge in [-0.05, 0) is 78.6 Å². The first kappa shape index (κ1) is 26.3. The standard InChI is InChI=1S/C33H35N3O3/c1-38-28-18-16-26(17-19-28)33(37)34-21-8-2-3-14-32-35-30-12-6-7-13-31(30)36(32)22-9-23-39-29-20-15-25-10-4-5-11-27(25)24-29/h4-7,10-13,15-20,24H,2-3,8-9,14,21-23H2,1H3,(H,34,37). The van der Waals surface area contributed by atoms with Crippen LogP contribution in [0.4, 0.5) is 0 Å². The molecule has 0 atom stereocenters. The number of benzene rings is 4. The molecule has 0 fully saturated rings. The maximum Gasteiger partial charge on any atom is 0.251 e. The van der Waals surface area contributed by atoms with Crippen LogP contribution in [0.15, 0.2) is 91.0 Å². The predicted molar refractivity (Wildman–Crippen MR) is 157 cm³/mol. The number of rotatable bonds is 13. The minimum Gasteiger partial charge on any atom is -0.497 e. The molecule has 0 aliphatic rings. The lowest BCUT2D eigenvalue weighted by molar-refractivity contribution is 0.0953. The molecule has 200 valence electrons. The number of ether oxygens (including phenoxy) is 2. The van der Waals surface area contributed by atoms with Gasteiger partial charge in [-0.1, -0.05) is 48.9 Å². The zero-order valence-electron chi connectivity index (χ0n) is 22.4. The molecular formula is C33H35N3O3. The molecule has 1 aromatic heterocycles. The van der Waals surface area contributed by atoms with Crippen LogP contribution in [-0.4, -0.2) is 35.7 Å². The number of aryl methyl sites for hydroxylation is 2. The fourth-order valence-electron chi connectivity index (χ4n) is 4.87. The van der Waals surface area contributed by atoms with E-state index in [0.29, 0.717) is 18.7 Å². The summed E-state index contributed by atoms with van der Waals surface area (Å²) in [4.78, 5) is 17.3. The fraction of sp³-hybridized carbons (Fsp3) is 0.273. The quantitative estimate of drug-likeness (QED) is 0.173. The predicted octanol–water partition coefficient (Wildman–Crippen LogP) is 6.81. The van der Waals surface area contributed by atoms with Gasteiger partial charge in [0, 0.05) is 25.1 Å². The Morgan fingerprint density at radius 3 is 2.44 bits per heavy atom. The minimum absolute atomic E-state index is 0.0506. The lowest BCUT2D eigenvalue weighted by Gasteiger charge is -2.11. The highest BCUT2D eigenvalue weighted by Crippen LogP contribution is 2.22. The number of carbonyl (C=O) groups excluding carboxylic acids is 1. The van der Waals surface area contributed by atoms with Crippen molar-refractivity contribution in [3.05, 3.63) is 102 Å². The van der Waals surface area contributed by atoms with Gasteiger partial charge >= 0.3 is 0 Å². The van der Waals surface area contributed by atoms with Crippen molar-refractivity contribution in [1.29, 1.82) is 0 Å². The summed E-state index contributed by atoms with van der Waals surface area (Å²) in [5.41, 5.74) is 2.86. The number of nitrogens with zero attached hydrogens (tertiary/aromatic N) is 2. The van der Waals surface area contributed by atoms with Crippen LogP contribution >= 0.6 is 0 Å². The smallest absolute Gasteiger partial charge is 0.251 e. The largest absolute Gasteiger partial charge is 0.497 e. The van der Waals surface area contributed by atoms with E-state index in [-0.39, 0.29) is 5.91 Å². The number of imidazole rings is 1. The zero-order chi connectivity index (χ0) is 26.9. The van der Waals surface area contributed by atoms with Gasteiger partial charge in [0.2, 0.25) is 0 Å². The molecule has 1 amide bonds. The van der Waals surface area contributed by atoms with Crippen LogP contribution in [-0.2, 0) is 13.0 Å². The molecule has 0 aliphatic carbocycles. The third kappa shape index (κ3) is 6.77. The average molecular weight is 522 g/mol. The van der Waals surface area contributed by atoms with Gasteiger partial charge in [-0.15, -0.1) is 0 Å². The number of methoxy groups -OCH3 is 1. The van der Waals surface area contributed by atoms with E-state index in [4.69, 9.17) is 14.5 Å². The molecule has 0 aliphatic heterocycles. The lowest BCUT2D eigenvalue weighted by Crippen LogP contribution is -2.24. The molecule has 5 rings (SSSR count). The van der Waals surface area contributed by atoms with Crippen molar-refractivity contribution >= 4 is 27.7 Å². The van der Waals surface area contributed by atoms with Crippen molar-refractivity contribution in [3.63, 3.8) is 0 Å². The molecule has 4 aromatic carbocycles. The summed E-state index contributed by atoms with van der Waals surface area (Å²) >= 11 is 0. The van der Waals surface area contributed by atoms with Crippen LogP contribution in [0.5, 0.6) is 11.5 Å². The van der Waals surface area contributed by atoms with Crippen molar-refractivity contribution in [2.24, 2.45) is 0 Å². The molecule has 1 heterocycles. The van der Waals surface area contributed by atoms with Gasteiger partial charge < -0.3 is 19.4 Å². The number of amides is 1. The highest BCUT2D eigenvalue weighted by Gasteiger charge is 2.11. The average Bonchev–Trinajstić information content (AvgIpc) is 3.34. The summed E-state index contributed by atoms with van der Waals surface area (Å²) < 4.78 is 13.6. The van der Waals surface area contributed by atoms with Gasteiger partial charge in [-0.3, -0.25) is 4.79 Å². The Labute approximate surface area is 229 Å². The monoisotopic (exact) mass is 521 g/mol. The number of fused-ring (bicyclic) bond motifs is 2. The topological polar surface area (TPSA) is 65.4 Å². The number of hydrogen-bond acceptors (Lipinski definition) is 4. The molecule has 39 heavy (non-hydrogen) atoms. The molecule has 1 N–H and O–H groups in total. The molecule has 6 nitrogen and oxygen atoms in total. The van der Waals surface area contributed by atoms with Crippen LogP contribution in [0, 0.1) is 0 Å². The minimum atomic E-state index is -0.0506. The van der Waals surface area contributed by atoms with E-state index in [9.17, 15) is 4.79 Å². The first-order valence-electron chi connectivity index (χ1n) is 13.7. The van der Waals surface area contributed by atoms with E-state index in [1.54, 1.807) is 31.4 Å². The SMILES string of the molecule is COc1ccc(C(=O)NCCCCCc2nc3ccccc3n2CCCOc2ccc3ccccc3c2)cc1. The summed E-state index contributed by atoms with van der Waals surface area (Å²) in [5.74, 6) is 2.72. The molecule has 0 saturated carbocycles. The second-order valence-electron chi connectivity index (χ2n) is 9.67. The number of para-hydroxylation sites is 2. The van der Waals surface area contributed by atoms with E-state index >= 15 is 0 Å². The summed E-state index contributed by atoms with van der Waals surface area (Å²) in [7, 11) is 1.62. The van der Waals surface area contributed by atoms with Crippen molar-refractivity contribution in [3.8, 4) is 11.5 Å². The van der Waals surface area contributed by atoms with E-state index in [1.807, 2.05) is 12.1 Å². The van der Waals surface area contributed by atoms with Crippen molar-refractivity contribution in [2.75, 3.05) is 20.3 Å². The maximum absolute atomic E-state index is 12.3. The van der Waals surface area contributed by atoms with Crippen LogP contribution in [0.25, 0.3) is 21.8 Å². The highest BCUT2D eigenvalue weighted by molar-refractivity contribution is 5.94. The molecule has 0 saturated heterocycles.